The van der Waals surface area contributed by atoms with Crippen molar-refractivity contribution in [3.05, 3.63) is 86.4 Å². The molecule has 4 aromatic rings. The first-order chi connectivity index (χ1) is 21.0. The summed E-state index contributed by atoms with van der Waals surface area (Å²) in [5.41, 5.74) is 5.12. The zero-order valence-electron chi connectivity index (χ0n) is 25.6. The number of nitrogens with one attached hydrogen (secondary N) is 1. The van der Waals surface area contributed by atoms with Crippen molar-refractivity contribution in [2.24, 2.45) is 0 Å². The summed E-state index contributed by atoms with van der Waals surface area (Å²) in [6.07, 6.45) is 2.63. The molecule has 4 heterocycles. The van der Waals surface area contributed by atoms with E-state index in [-0.39, 0.29) is 23.4 Å². The predicted octanol–water partition coefficient (Wildman–Crippen LogP) is 5.59. The smallest absolute Gasteiger partial charge is 0.261 e. The number of piperidine rings is 1. The van der Waals surface area contributed by atoms with Crippen LogP contribution in [0.5, 0.6) is 0 Å². The lowest BCUT2D eigenvalue weighted by Crippen LogP contribution is -2.47. The second-order valence-electron chi connectivity index (χ2n) is 11.9. The van der Waals surface area contributed by atoms with Crippen molar-refractivity contribution in [2.75, 3.05) is 18.8 Å². The van der Waals surface area contributed by atoms with E-state index in [1.165, 1.54) is 21.6 Å². The SMILES string of the molecule is CCS(=O)(=O)c1ccc(CNC(=O)c2cc3c(s2)C2(CCN(Cc4ccc(-c5noc(C)n5)cc4C)CC2)O[C@@H](C)C3)cc1. The summed E-state index contributed by atoms with van der Waals surface area (Å²) in [6.45, 7) is 10.7. The normalized spacial score (nSPS) is 18.3. The van der Waals surface area contributed by atoms with Gasteiger partial charge >= 0.3 is 0 Å². The van der Waals surface area contributed by atoms with Gasteiger partial charge < -0.3 is 14.6 Å². The molecule has 0 aliphatic carbocycles. The standard InChI is InChI=1S/C33H38N4O5S2/c1-5-44(39,40)28-10-6-24(7-11-28)19-34-32(38)29-18-27-17-22(3)41-33(30(27)43-29)12-14-37(15-13-33)20-26-9-8-25(16-21(26)2)31-35-23(4)42-36-31/h6-11,16,18,22H,5,12-15,17,19-20H2,1-4H3,(H,34,38)/t22-/m0/s1. The van der Waals surface area contributed by atoms with Gasteiger partial charge in [-0.15, -0.1) is 11.3 Å². The van der Waals surface area contributed by atoms with Gasteiger partial charge in [0.05, 0.1) is 21.6 Å². The number of amides is 1. The zero-order valence-corrected chi connectivity index (χ0v) is 27.2. The van der Waals surface area contributed by atoms with Gasteiger partial charge in [-0.25, -0.2) is 8.42 Å². The van der Waals surface area contributed by atoms with E-state index in [2.05, 4.69) is 52.4 Å². The number of fused-ring (bicyclic) bond motifs is 2. The minimum absolute atomic E-state index is 0.0603. The van der Waals surface area contributed by atoms with Crippen LogP contribution in [0, 0.1) is 13.8 Å². The topological polar surface area (TPSA) is 115 Å². The molecule has 0 radical (unpaired) electrons. The summed E-state index contributed by atoms with van der Waals surface area (Å²) in [5, 5.41) is 7.06. The van der Waals surface area contributed by atoms with E-state index < -0.39 is 9.84 Å². The van der Waals surface area contributed by atoms with E-state index >= 15 is 0 Å². The molecule has 1 N–H and O–H groups in total. The van der Waals surface area contributed by atoms with Crippen LogP contribution in [0.1, 0.15) is 69.4 Å². The van der Waals surface area contributed by atoms with Crippen LogP contribution in [0.15, 0.2) is 57.9 Å². The summed E-state index contributed by atoms with van der Waals surface area (Å²) in [4.78, 5) is 22.2. The van der Waals surface area contributed by atoms with Crippen molar-refractivity contribution in [1.82, 2.24) is 20.4 Å². The summed E-state index contributed by atoms with van der Waals surface area (Å²) < 4.78 is 36.0. The molecule has 2 aromatic carbocycles. The molecule has 2 aliphatic heterocycles. The first-order valence-electron chi connectivity index (χ1n) is 15.1. The van der Waals surface area contributed by atoms with Crippen LogP contribution < -0.4 is 5.32 Å². The first-order valence-corrected chi connectivity index (χ1v) is 17.6. The molecule has 1 fully saturated rings. The molecule has 0 unspecified atom stereocenters. The van der Waals surface area contributed by atoms with Crippen LogP contribution in [0.2, 0.25) is 0 Å². The highest BCUT2D eigenvalue weighted by Gasteiger charge is 2.44. The molecular formula is C33H38N4O5S2. The van der Waals surface area contributed by atoms with Crippen LogP contribution in [-0.2, 0) is 39.7 Å². The van der Waals surface area contributed by atoms with E-state index in [1.54, 1.807) is 49.4 Å². The van der Waals surface area contributed by atoms with Crippen LogP contribution >= 0.6 is 11.3 Å². The number of aryl methyl sites for hydroxylation is 2. The van der Waals surface area contributed by atoms with E-state index in [0.29, 0.717) is 28.0 Å². The molecule has 44 heavy (non-hydrogen) atoms. The number of likely N-dealkylation sites (tertiary alicyclic amines) is 1. The molecule has 1 saturated heterocycles. The Morgan fingerprint density at radius 3 is 2.52 bits per heavy atom. The van der Waals surface area contributed by atoms with Gasteiger partial charge in [0.15, 0.2) is 9.84 Å². The van der Waals surface area contributed by atoms with Gasteiger partial charge in [0.25, 0.3) is 5.91 Å². The Balaban J connectivity index is 1.10. The van der Waals surface area contributed by atoms with E-state index in [1.807, 2.05) is 6.07 Å². The molecule has 0 saturated carbocycles. The van der Waals surface area contributed by atoms with Crippen molar-refractivity contribution in [2.45, 2.75) is 76.6 Å². The summed E-state index contributed by atoms with van der Waals surface area (Å²) in [6, 6.07) is 15.1. The predicted molar refractivity (Wildman–Crippen MR) is 169 cm³/mol. The number of aromatic nitrogens is 2. The first kappa shape index (κ1) is 30.6. The van der Waals surface area contributed by atoms with Crippen molar-refractivity contribution in [3.8, 4) is 11.4 Å². The molecule has 1 atom stereocenters. The highest BCUT2D eigenvalue weighted by Crippen LogP contribution is 2.47. The summed E-state index contributed by atoms with van der Waals surface area (Å²) in [5.74, 6) is 1.10. The third kappa shape index (κ3) is 6.24. The third-order valence-electron chi connectivity index (χ3n) is 8.68. The van der Waals surface area contributed by atoms with Crippen molar-refractivity contribution >= 4 is 27.1 Å². The lowest BCUT2D eigenvalue weighted by atomic mass is 9.84. The Labute approximate surface area is 262 Å². The largest absolute Gasteiger partial charge is 0.366 e. The zero-order chi connectivity index (χ0) is 31.1. The number of ether oxygens (including phenoxy) is 1. The molecule has 0 bridgehead atoms. The fourth-order valence-corrected chi connectivity index (χ4v) is 8.39. The number of rotatable bonds is 8. The van der Waals surface area contributed by atoms with Gasteiger partial charge in [-0.3, -0.25) is 9.69 Å². The van der Waals surface area contributed by atoms with Gasteiger partial charge in [-0.1, -0.05) is 36.3 Å². The second kappa shape index (κ2) is 12.2. The van der Waals surface area contributed by atoms with Crippen LogP contribution in [0.25, 0.3) is 11.4 Å². The van der Waals surface area contributed by atoms with E-state index in [9.17, 15) is 13.2 Å². The maximum atomic E-state index is 13.2. The van der Waals surface area contributed by atoms with Crippen LogP contribution in [0.3, 0.4) is 0 Å². The van der Waals surface area contributed by atoms with Gasteiger partial charge in [0.2, 0.25) is 11.7 Å². The van der Waals surface area contributed by atoms with Crippen molar-refractivity contribution in [3.63, 3.8) is 0 Å². The fourth-order valence-electron chi connectivity index (χ4n) is 6.21. The molecule has 1 amide bonds. The monoisotopic (exact) mass is 634 g/mol. The molecule has 1 spiro atoms. The fraction of sp³-hybridized carbons (Fsp3) is 0.424. The average molecular weight is 635 g/mol. The molecule has 2 aromatic heterocycles. The number of carbonyl (C=O) groups is 1. The summed E-state index contributed by atoms with van der Waals surface area (Å²) >= 11 is 1.55. The average Bonchev–Trinajstić information content (AvgIpc) is 3.65. The van der Waals surface area contributed by atoms with Crippen molar-refractivity contribution in [1.29, 1.82) is 0 Å². The van der Waals surface area contributed by atoms with Crippen molar-refractivity contribution < 1.29 is 22.5 Å². The lowest BCUT2D eigenvalue weighted by molar-refractivity contribution is -0.131. The maximum absolute atomic E-state index is 13.2. The number of nitrogens with zero attached hydrogens (tertiary/aromatic N) is 3. The lowest BCUT2D eigenvalue weighted by Gasteiger charge is -2.45. The minimum Gasteiger partial charge on any atom is -0.366 e. The number of hydrogen-bond acceptors (Lipinski definition) is 9. The molecule has 6 rings (SSSR count). The minimum atomic E-state index is -3.25. The van der Waals surface area contributed by atoms with Crippen LogP contribution in [0.4, 0.5) is 0 Å². The molecule has 9 nitrogen and oxygen atoms in total. The van der Waals surface area contributed by atoms with Gasteiger partial charge in [0.1, 0.15) is 5.60 Å². The number of carbonyl (C=O) groups excluding carboxylic acids is 1. The highest BCUT2D eigenvalue weighted by molar-refractivity contribution is 7.91. The summed E-state index contributed by atoms with van der Waals surface area (Å²) in [7, 11) is -3.25. The maximum Gasteiger partial charge on any atom is 0.261 e. The Kier molecular flexibility index (Phi) is 8.49. The van der Waals surface area contributed by atoms with Gasteiger partial charge in [0, 0.05) is 43.5 Å². The second-order valence-corrected chi connectivity index (χ2v) is 15.2. The Hall–Kier alpha value is -3.38. The molecule has 11 heteroatoms. The number of sulfone groups is 1. The quantitative estimate of drug-likeness (QED) is 0.267. The molecule has 2 aliphatic rings. The highest BCUT2D eigenvalue weighted by atomic mass is 32.2. The van der Waals surface area contributed by atoms with E-state index in [0.717, 1.165) is 50.0 Å². The Bertz CT molecular complexity index is 1770. The number of hydrogen-bond donors (Lipinski definition) is 1. The molecule has 232 valence electrons. The third-order valence-corrected chi connectivity index (χ3v) is 11.8. The number of benzene rings is 2. The van der Waals surface area contributed by atoms with Gasteiger partial charge in [-0.05, 0) is 79.6 Å². The van der Waals surface area contributed by atoms with Gasteiger partial charge in [-0.2, -0.15) is 4.98 Å². The Morgan fingerprint density at radius 2 is 1.86 bits per heavy atom. The Morgan fingerprint density at radius 1 is 1.11 bits per heavy atom. The number of thiophene rings is 1. The van der Waals surface area contributed by atoms with E-state index in [4.69, 9.17) is 9.26 Å². The van der Waals surface area contributed by atoms with Crippen LogP contribution in [-0.4, -0.2) is 54.3 Å². The molecular weight excluding hydrogens is 597 g/mol.